The van der Waals surface area contributed by atoms with Crippen LogP contribution in [0.2, 0.25) is 0 Å². The maximum Gasteiger partial charge on any atom is 0.255 e. The Kier molecular flexibility index (Phi) is 6.34. The number of carbonyl (C=O) groups excluding carboxylic acids is 2. The fourth-order valence-corrected chi connectivity index (χ4v) is 3.17. The van der Waals surface area contributed by atoms with Gasteiger partial charge in [-0.1, -0.05) is 18.2 Å². The Morgan fingerprint density at radius 1 is 1.04 bits per heavy atom. The number of nitrogens with one attached hydrogen (secondary N) is 2. The smallest absolute Gasteiger partial charge is 0.255 e. The number of amides is 2. The monoisotopic (exact) mass is 394 g/mol. The molecule has 1 aromatic heterocycles. The van der Waals surface area contributed by atoms with E-state index in [2.05, 4.69) is 10.6 Å². The molecule has 1 heterocycles. The predicted octanol–water partition coefficient (Wildman–Crippen LogP) is 5.03. The van der Waals surface area contributed by atoms with E-state index in [9.17, 15) is 14.0 Å². The molecule has 3 aromatic rings. The van der Waals surface area contributed by atoms with Gasteiger partial charge in [-0.2, -0.15) is 0 Å². The van der Waals surface area contributed by atoms with Gasteiger partial charge in [0.25, 0.3) is 5.91 Å². The first-order valence-corrected chi connectivity index (χ1v) is 9.58. The lowest BCUT2D eigenvalue weighted by molar-refractivity contribution is -0.117. The summed E-state index contributed by atoms with van der Waals surface area (Å²) in [6.07, 6.45) is 3.29. The van der Waals surface area contributed by atoms with E-state index in [1.165, 1.54) is 30.3 Å². The van der Waals surface area contributed by atoms with Crippen molar-refractivity contribution in [2.45, 2.75) is 13.0 Å². The van der Waals surface area contributed by atoms with Gasteiger partial charge in [-0.05, 0) is 66.4 Å². The predicted molar refractivity (Wildman–Crippen MR) is 111 cm³/mol. The third kappa shape index (κ3) is 5.37. The SMILES string of the molecule is CC(NC(=O)/C=C/c1cccs1)c1ccc(NC(=O)c2ccc(F)cc2)cc1. The summed E-state index contributed by atoms with van der Waals surface area (Å²) in [6.45, 7) is 1.89. The molecule has 0 saturated carbocycles. The van der Waals surface area contributed by atoms with Gasteiger partial charge in [0.1, 0.15) is 5.82 Å². The van der Waals surface area contributed by atoms with Crippen LogP contribution in [-0.4, -0.2) is 11.8 Å². The highest BCUT2D eigenvalue weighted by atomic mass is 32.1. The van der Waals surface area contributed by atoms with Crippen molar-refractivity contribution in [3.63, 3.8) is 0 Å². The van der Waals surface area contributed by atoms with Crippen molar-refractivity contribution >= 4 is 34.9 Å². The van der Waals surface area contributed by atoms with Crippen molar-refractivity contribution in [2.24, 2.45) is 0 Å². The first-order valence-electron chi connectivity index (χ1n) is 8.70. The van der Waals surface area contributed by atoms with Gasteiger partial charge in [0, 0.05) is 22.2 Å². The van der Waals surface area contributed by atoms with Gasteiger partial charge in [0.15, 0.2) is 0 Å². The topological polar surface area (TPSA) is 58.2 Å². The number of benzene rings is 2. The van der Waals surface area contributed by atoms with Crippen LogP contribution in [0.15, 0.2) is 72.1 Å². The number of hydrogen-bond donors (Lipinski definition) is 2. The zero-order valence-corrected chi connectivity index (χ0v) is 16.0. The van der Waals surface area contributed by atoms with Crippen LogP contribution >= 0.6 is 11.3 Å². The third-order valence-electron chi connectivity index (χ3n) is 4.08. The minimum atomic E-state index is -0.387. The van der Waals surface area contributed by atoms with Gasteiger partial charge in [0.05, 0.1) is 6.04 Å². The molecule has 6 heteroatoms. The number of carbonyl (C=O) groups is 2. The number of rotatable bonds is 6. The van der Waals surface area contributed by atoms with Crippen LogP contribution in [0.5, 0.6) is 0 Å². The van der Waals surface area contributed by atoms with Crippen LogP contribution in [0.25, 0.3) is 6.08 Å². The van der Waals surface area contributed by atoms with E-state index in [1.54, 1.807) is 29.5 Å². The van der Waals surface area contributed by atoms with E-state index in [-0.39, 0.29) is 23.7 Å². The number of anilines is 1. The van der Waals surface area contributed by atoms with E-state index in [4.69, 9.17) is 0 Å². The molecule has 0 aliphatic carbocycles. The molecule has 142 valence electrons. The van der Waals surface area contributed by atoms with Crippen LogP contribution in [-0.2, 0) is 4.79 Å². The number of halogens is 1. The lowest BCUT2D eigenvalue weighted by atomic mass is 10.1. The van der Waals surface area contributed by atoms with Crippen LogP contribution in [0, 0.1) is 5.82 Å². The van der Waals surface area contributed by atoms with Crippen LogP contribution in [0.1, 0.15) is 33.8 Å². The van der Waals surface area contributed by atoms with Gasteiger partial charge >= 0.3 is 0 Å². The largest absolute Gasteiger partial charge is 0.346 e. The molecule has 0 aliphatic heterocycles. The Hall–Kier alpha value is -3.25. The molecule has 0 aliphatic rings. The van der Waals surface area contributed by atoms with Crippen LogP contribution in [0.4, 0.5) is 10.1 Å². The summed E-state index contributed by atoms with van der Waals surface area (Å²) in [4.78, 5) is 25.2. The van der Waals surface area contributed by atoms with Crippen molar-refractivity contribution < 1.29 is 14.0 Å². The van der Waals surface area contributed by atoms with Crippen molar-refractivity contribution in [1.29, 1.82) is 0 Å². The molecule has 4 nitrogen and oxygen atoms in total. The Labute approximate surface area is 166 Å². The van der Waals surface area contributed by atoms with Gasteiger partial charge in [-0.15, -0.1) is 11.3 Å². The Morgan fingerprint density at radius 3 is 2.39 bits per heavy atom. The summed E-state index contributed by atoms with van der Waals surface area (Å²) in [5.41, 5.74) is 1.91. The molecule has 2 N–H and O–H groups in total. The van der Waals surface area contributed by atoms with Crippen LogP contribution < -0.4 is 10.6 Å². The zero-order chi connectivity index (χ0) is 19.9. The Morgan fingerprint density at radius 2 is 1.75 bits per heavy atom. The van der Waals surface area contributed by atoms with Crippen molar-refractivity contribution in [2.75, 3.05) is 5.32 Å². The lowest BCUT2D eigenvalue weighted by Crippen LogP contribution is -2.24. The Balaban J connectivity index is 1.56. The molecule has 0 fully saturated rings. The van der Waals surface area contributed by atoms with Crippen molar-refractivity contribution in [3.05, 3.63) is 93.9 Å². The summed E-state index contributed by atoms with van der Waals surface area (Å²) in [5.74, 6) is -0.871. The highest BCUT2D eigenvalue weighted by Gasteiger charge is 2.09. The minimum absolute atomic E-state index is 0.172. The molecule has 1 unspecified atom stereocenters. The average Bonchev–Trinajstić information content (AvgIpc) is 3.21. The molecule has 0 radical (unpaired) electrons. The molecular weight excluding hydrogens is 375 g/mol. The second-order valence-corrected chi connectivity index (χ2v) is 7.14. The maximum absolute atomic E-state index is 12.9. The molecule has 2 aromatic carbocycles. The highest BCUT2D eigenvalue weighted by molar-refractivity contribution is 7.10. The first kappa shape index (κ1) is 19.5. The fraction of sp³-hybridized carbons (Fsp3) is 0.0909. The van der Waals surface area contributed by atoms with E-state index >= 15 is 0 Å². The molecule has 3 rings (SSSR count). The molecule has 1 atom stereocenters. The number of thiophene rings is 1. The van der Waals surface area contributed by atoms with Crippen LogP contribution in [0.3, 0.4) is 0 Å². The average molecular weight is 394 g/mol. The molecule has 28 heavy (non-hydrogen) atoms. The molecular formula is C22H19FN2O2S. The molecule has 2 amide bonds. The van der Waals surface area contributed by atoms with E-state index in [0.717, 1.165) is 10.4 Å². The van der Waals surface area contributed by atoms with Gasteiger partial charge in [-0.25, -0.2) is 4.39 Å². The van der Waals surface area contributed by atoms with Gasteiger partial charge < -0.3 is 10.6 Å². The number of hydrogen-bond acceptors (Lipinski definition) is 3. The standard InChI is InChI=1S/C22H19FN2O2S/c1-15(24-21(26)13-12-20-3-2-14-28-20)16-6-10-19(11-7-16)25-22(27)17-4-8-18(23)9-5-17/h2-15H,1H3,(H,24,26)(H,25,27)/b13-12+. The third-order valence-corrected chi connectivity index (χ3v) is 4.91. The fourth-order valence-electron chi connectivity index (χ4n) is 2.55. The molecule has 0 spiro atoms. The Bertz CT molecular complexity index is 965. The quantitative estimate of drug-likeness (QED) is 0.576. The second kappa shape index (κ2) is 9.10. The molecule has 0 saturated heterocycles. The zero-order valence-electron chi connectivity index (χ0n) is 15.2. The molecule has 0 bridgehead atoms. The summed E-state index contributed by atoms with van der Waals surface area (Å²) >= 11 is 1.57. The van der Waals surface area contributed by atoms with E-state index < -0.39 is 0 Å². The van der Waals surface area contributed by atoms with E-state index in [0.29, 0.717) is 11.3 Å². The normalized spacial score (nSPS) is 11.9. The van der Waals surface area contributed by atoms with Crippen molar-refractivity contribution in [1.82, 2.24) is 5.32 Å². The van der Waals surface area contributed by atoms with Gasteiger partial charge in [-0.3, -0.25) is 9.59 Å². The second-order valence-electron chi connectivity index (χ2n) is 6.16. The lowest BCUT2D eigenvalue weighted by Gasteiger charge is -2.14. The summed E-state index contributed by atoms with van der Waals surface area (Å²) < 4.78 is 12.9. The highest BCUT2D eigenvalue weighted by Crippen LogP contribution is 2.17. The first-order chi connectivity index (χ1) is 13.5. The van der Waals surface area contributed by atoms with E-state index in [1.807, 2.05) is 36.6 Å². The van der Waals surface area contributed by atoms with Crippen molar-refractivity contribution in [3.8, 4) is 0 Å². The van der Waals surface area contributed by atoms with Gasteiger partial charge in [0.2, 0.25) is 5.91 Å². The summed E-state index contributed by atoms with van der Waals surface area (Å²) in [6, 6.07) is 16.3. The minimum Gasteiger partial charge on any atom is -0.346 e. The summed E-state index contributed by atoms with van der Waals surface area (Å²) in [7, 11) is 0. The maximum atomic E-state index is 12.9. The summed E-state index contributed by atoms with van der Waals surface area (Å²) in [5, 5.41) is 7.62.